The van der Waals surface area contributed by atoms with E-state index in [2.05, 4.69) is 20.3 Å². The van der Waals surface area contributed by atoms with Gasteiger partial charge in [-0.3, -0.25) is 0 Å². The van der Waals surface area contributed by atoms with E-state index in [0.29, 0.717) is 0 Å². The molecule has 1 aromatic carbocycles. The molecule has 0 unspecified atom stereocenters. The topological polar surface area (TPSA) is 53.6 Å². The number of nitrogens with one attached hydrogen (secondary N) is 2. The first kappa shape index (κ1) is 12.0. The summed E-state index contributed by atoms with van der Waals surface area (Å²) in [7, 11) is 0. The van der Waals surface area contributed by atoms with Crippen LogP contribution in [0.3, 0.4) is 0 Å². The van der Waals surface area contributed by atoms with E-state index >= 15 is 0 Å². The van der Waals surface area contributed by atoms with E-state index in [1.165, 1.54) is 0 Å². The summed E-state index contributed by atoms with van der Waals surface area (Å²) in [6.07, 6.45) is 1.54. The first-order chi connectivity index (χ1) is 9.15. The Balaban J connectivity index is 2.08. The van der Waals surface area contributed by atoms with Crippen LogP contribution in [0, 0.1) is 13.8 Å². The fraction of sp³-hybridized carbons (Fsp3) is 0.143. The number of aryl methyl sites for hydroxylation is 1. The van der Waals surface area contributed by atoms with Crippen LogP contribution in [-0.2, 0) is 0 Å². The SMILES string of the molecule is Cc1cc2c(Nc3cccc(Cl)c3C)ncnc2[nH]1. The minimum Gasteiger partial charge on any atom is -0.343 e. The van der Waals surface area contributed by atoms with Crippen molar-refractivity contribution in [1.29, 1.82) is 0 Å². The third kappa shape index (κ3) is 2.15. The third-order valence-electron chi connectivity index (χ3n) is 3.08. The molecule has 0 saturated heterocycles. The zero-order valence-electron chi connectivity index (χ0n) is 10.7. The Morgan fingerprint density at radius 1 is 1.21 bits per heavy atom. The van der Waals surface area contributed by atoms with Gasteiger partial charge in [-0.1, -0.05) is 17.7 Å². The maximum absolute atomic E-state index is 6.12. The number of H-pyrrole nitrogens is 1. The van der Waals surface area contributed by atoms with Crippen molar-refractivity contribution in [2.75, 3.05) is 5.32 Å². The number of benzene rings is 1. The molecular weight excluding hydrogens is 260 g/mol. The lowest BCUT2D eigenvalue weighted by Crippen LogP contribution is -1.97. The molecule has 19 heavy (non-hydrogen) atoms. The van der Waals surface area contributed by atoms with Crippen LogP contribution in [0.2, 0.25) is 5.02 Å². The molecular formula is C14H13ClN4. The Morgan fingerprint density at radius 2 is 2.05 bits per heavy atom. The lowest BCUT2D eigenvalue weighted by molar-refractivity contribution is 1.18. The highest BCUT2D eigenvalue weighted by Crippen LogP contribution is 2.28. The number of halogens is 1. The molecule has 0 bridgehead atoms. The van der Waals surface area contributed by atoms with Crippen LogP contribution in [0.1, 0.15) is 11.3 Å². The first-order valence-electron chi connectivity index (χ1n) is 5.97. The lowest BCUT2D eigenvalue weighted by atomic mass is 10.2. The van der Waals surface area contributed by atoms with E-state index in [0.717, 1.165) is 38.8 Å². The van der Waals surface area contributed by atoms with Crippen molar-refractivity contribution >= 4 is 34.1 Å². The van der Waals surface area contributed by atoms with Crippen molar-refractivity contribution in [2.45, 2.75) is 13.8 Å². The second kappa shape index (κ2) is 4.55. The normalized spacial score (nSPS) is 10.9. The number of hydrogen-bond acceptors (Lipinski definition) is 3. The van der Waals surface area contributed by atoms with Gasteiger partial charge < -0.3 is 10.3 Å². The fourth-order valence-corrected chi connectivity index (χ4v) is 2.22. The quantitative estimate of drug-likeness (QED) is 0.742. The van der Waals surface area contributed by atoms with Crippen LogP contribution >= 0.6 is 11.6 Å². The molecule has 2 heterocycles. The molecule has 0 radical (unpaired) electrons. The predicted molar refractivity (Wildman–Crippen MR) is 78.1 cm³/mol. The molecule has 0 saturated carbocycles. The van der Waals surface area contributed by atoms with Gasteiger partial charge in [0.15, 0.2) is 0 Å². The van der Waals surface area contributed by atoms with Gasteiger partial charge in [-0.15, -0.1) is 0 Å². The zero-order valence-corrected chi connectivity index (χ0v) is 11.4. The highest BCUT2D eigenvalue weighted by molar-refractivity contribution is 6.31. The monoisotopic (exact) mass is 272 g/mol. The van der Waals surface area contributed by atoms with Gasteiger partial charge in [-0.25, -0.2) is 9.97 Å². The standard InChI is InChI=1S/C14H13ClN4/c1-8-6-10-13(18-8)16-7-17-14(10)19-12-5-3-4-11(15)9(12)2/h3-7H,1-2H3,(H2,16,17,18,19). The summed E-state index contributed by atoms with van der Waals surface area (Å²) in [6, 6.07) is 7.79. The van der Waals surface area contributed by atoms with Gasteiger partial charge in [0.2, 0.25) is 0 Å². The van der Waals surface area contributed by atoms with E-state index in [-0.39, 0.29) is 0 Å². The summed E-state index contributed by atoms with van der Waals surface area (Å²) in [5.74, 6) is 0.778. The maximum atomic E-state index is 6.12. The van der Waals surface area contributed by atoms with Crippen LogP contribution in [0.4, 0.5) is 11.5 Å². The van der Waals surface area contributed by atoms with E-state index < -0.39 is 0 Å². The Hall–Kier alpha value is -2.07. The number of fused-ring (bicyclic) bond motifs is 1. The second-order valence-corrected chi connectivity index (χ2v) is 4.88. The summed E-state index contributed by atoms with van der Waals surface area (Å²) >= 11 is 6.12. The van der Waals surface area contributed by atoms with E-state index in [1.54, 1.807) is 6.33 Å². The summed E-state index contributed by atoms with van der Waals surface area (Å²) in [5, 5.41) is 5.02. The molecule has 5 heteroatoms. The van der Waals surface area contributed by atoms with Gasteiger partial charge in [-0.05, 0) is 37.6 Å². The summed E-state index contributed by atoms with van der Waals surface area (Å²) in [5.41, 5.74) is 3.84. The number of nitrogens with zero attached hydrogens (tertiary/aromatic N) is 2. The number of rotatable bonds is 2. The number of anilines is 2. The molecule has 0 amide bonds. The maximum Gasteiger partial charge on any atom is 0.143 e. The lowest BCUT2D eigenvalue weighted by Gasteiger charge is -2.10. The van der Waals surface area contributed by atoms with Gasteiger partial charge in [0.25, 0.3) is 0 Å². The van der Waals surface area contributed by atoms with Crippen LogP contribution < -0.4 is 5.32 Å². The summed E-state index contributed by atoms with van der Waals surface area (Å²) < 4.78 is 0. The molecule has 3 aromatic rings. The Labute approximate surface area is 115 Å². The molecule has 4 nitrogen and oxygen atoms in total. The van der Waals surface area contributed by atoms with Crippen LogP contribution in [-0.4, -0.2) is 15.0 Å². The molecule has 0 aliphatic rings. The Bertz CT molecular complexity index is 748. The minimum absolute atomic E-state index is 0.737. The minimum atomic E-state index is 0.737. The van der Waals surface area contributed by atoms with Crippen LogP contribution in [0.15, 0.2) is 30.6 Å². The smallest absolute Gasteiger partial charge is 0.143 e. The molecule has 2 aromatic heterocycles. The molecule has 0 fully saturated rings. The van der Waals surface area contributed by atoms with Crippen molar-refractivity contribution in [3.05, 3.63) is 46.9 Å². The van der Waals surface area contributed by atoms with E-state index in [1.807, 2.05) is 38.1 Å². The first-order valence-corrected chi connectivity index (χ1v) is 6.35. The molecule has 0 aliphatic carbocycles. The molecule has 0 spiro atoms. The van der Waals surface area contributed by atoms with E-state index in [9.17, 15) is 0 Å². The van der Waals surface area contributed by atoms with Crippen LogP contribution in [0.25, 0.3) is 11.0 Å². The molecule has 0 aliphatic heterocycles. The largest absolute Gasteiger partial charge is 0.343 e. The molecule has 96 valence electrons. The fourth-order valence-electron chi connectivity index (χ4n) is 2.04. The van der Waals surface area contributed by atoms with Gasteiger partial charge in [0.05, 0.1) is 5.39 Å². The number of hydrogen-bond donors (Lipinski definition) is 2. The predicted octanol–water partition coefficient (Wildman–Crippen LogP) is 3.97. The molecule has 0 atom stereocenters. The van der Waals surface area contributed by atoms with Gasteiger partial charge in [-0.2, -0.15) is 0 Å². The van der Waals surface area contributed by atoms with Crippen molar-refractivity contribution in [1.82, 2.24) is 15.0 Å². The average molecular weight is 273 g/mol. The van der Waals surface area contributed by atoms with Gasteiger partial charge >= 0.3 is 0 Å². The number of aromatic amines is 1. The second-order valence-electron chi connectivity index (χ2n) is 4.47. The highest BCUT2D eigenvalue weighted by atomic mass is 35.5. The average Bonchev–Trinajstić information content (AvgIpc) is 2.76. The Kier molecular flexibility index (Phi) is 2.87. The molecule has 2 N–H and O–H groups in total. The van der Waals surface area contributed by atoms with Crippen molar-refractivity contribution in [3.63, 3.8) is 0 Å². The Morgan fingerprint density at radius 3 is 2.89 bits per heavy atom. The summed E-state index contributed by atoms with van der Waals surface area (Å²) in [4.78, 5) is 11.7. The highest BCUT2D eigenvalue weighted by Gasteiger charge is 2.08. The molecule has 3 rings (SSSR count). The van der Waals surface area contributed by atoms with E-state index in [4.69, 9.17) is 11.6 Å². The van der Waals surface area contributed by atoms with Crippen molar-refractivity contribution in [3.8, 4) is 0 Å². The van der Waals surface area contributed by atoms with Crippen molar-refractivity contribution in [2.24, 2.45) is 0 Å². The van der Waals surface area contributed by atoms with Gasteiger partial charge in [0, 0.05) is 16.4 Å². The van der Waals surface area contributed by atoms with Crippen molar-refractivity contribution < 1.29 is 0 Å². The number of aromatic nitrogens is 3. The third-order valence-corrected chi connectivity index (χ3v) is 3.49. The zero-order chi connectivity index (χ0) is 13.4. The van der Waals surface area contributed by atoms with Crippen LogP contribution in [0.5, 0.6) is 0 Å². The summed E-state index contributed by atoms with van der Waals surface area (Å²) in [6.45, 7) is 3.97. The van der Waals surface area contributed by atoms with Gasteiger partial charge in [0.1, 0.15) is 17.8 Å².